The van der Waals surface area contributed by atoms with Gasteiger partial charge in [0.15, 0.2) is 0 Å². The molecule has 2 N–H and O–H groups in total. The average molecular weight is 210 g/mol. The van der Waals surface area contributed by atoms with Crippen molar-refractivity contribution in [3.8, 4) is 0 Å². The van der Waals surface area contributed by atoms with Gasteiger partial charge in [0.05, 0.1) is 6.42 Å². The van der Waals surface area contributed by atoms with Gasteiger partial charge < -0.3 is 10.1 Å². The van der Waals surface area contributed by atoms with Crippen LogP contribution in [0.1, 0.15) is 44.6 Å². The van der Waals surface area contributed by atoms with Crippen molar-refractivity contribution in [2.45, 2.75) is 39.5 Å². The number of aliphatic carboxylic acids is 1. The normalized spacial score (nSPS) is 13.1. The van der Waals surface area contributed by atoms with Crippen LogP contribution in [0.4, 0.5) is 0 Å². The van der Waals surface area contributed by atoms with Gasteiger partial charge in [-0.25, -0.2) is 4.98 Å². The van der Waals surface area contributed by atoms with Gasteiger partial charge in [-0.2, -0.15) is 0 Å². The SMILES string of the molecule is CC(C)Cc1cnc(C(C)CC(=O)O)[nH]1. The van der Waals surface area contributed by atoms with Gasteiger partial charge in [-0.1, -0.05) is 20.8 Å². The molecule has 4 nitrogen and oxygen atoms in total. The van der Waals surface area contributed by atoms with Crippen molar-refractivity contribution in [2.75, 3.05) is 0 Å². The first-order valence-electron chi connectivity index (χ1n) is 5.24. The van der Waals surface area contributed by atoms with E-state index in [1.165, 1.54) is 0 Å². The summed E-state index contributed by atoms with van der Waals surface area (Å²) in [6, 6.07) is 0. The Balaban J connectivity index is 2.62. The van der Waals surface area contributed by atoms with Crippen molar-refractivity contribution >= 4 is 5.97 Å². The van der Waals surface area contributed by atoms with E-state index in [0.29, 0.717) is 5.92 Å². The third-order valence-corrected chi connectivity index (χ3v) is 2.22. The predicted molar refractivity (Wildman–Crippen MR) is 57.8 cm³/mol. The van der Waals surface area contributed by atoms with Crippen LogP contribution in [0.15, 0.2) is 6.20 Å². The molecular formula is C11H18N2O2. The van der Waals surface area contributed by atoms with Crippen molar-refractivity contribution in [3.63, 3.8) is 0 Å². The number of imidazole rings is 1. The van der Waals surface area contributed by atoms with E-state index in [1.54, 1.807) is 6.20 Å². The summed E-state index contributed by atoms with van der Waals surface area (Å²) in [5.74, 6) is 0.508. The first-order chi connectivity index (χ1) is 6.99. The molecule has 0 saturated carbocycles. The number of H-pyrrole nitrogens is 1. The molecule has 1 aromatic rings. The molecule has 0 aliphatic rings. The molecule has 1 rings (SSSR count). The van der Waals surface area contributed by atoms with E-state index in [2.05, 4.69) is 23.8 Å². The Morgan fingerprint density at radius 3 is 2.73 bits per heavy atom. The van der Waals surface area contributed by atoms with Crippen molar-refractivity contribution in [1.29, 1.82) is 0 Å². The van der Waals surface area contributed by atoms with Gasteiger partial charge in [-0.05, 0) is 12.3 Å². The quantitative estimate of drug-likeness (QED) is 0.782. The maximum Gasteiger partial charge on any atom is 0.304 e. The Morgan fingerprint density at radius 1 is 1.53 bits per heavy atom. The topological polar surface area (TPSA) is 66.0 Å². The van der Waals surface area contributed by atoms with Gasteiger partial charge in [0.25, 0.3) is 0 Å². The lowest BCUT2D eigenvalue weighted by Gasteiger charge is -2.04. The zero-order valence-electron chi connectivity index (χ0n) is 9.45. The summed E-state index contributed by atoms with van der Waals surface area (Å²) in [7, 11) is 0. The fourth-order valence-electron chi connectivity index (χ4n) is 1.53. The lowest BCUT2D eigenvalue weighted by atomic mass is 10.1. The molecule has 0 spiro atoms. The van der Waals surface area contributed by atoms with Crippen molar-refractivity contribution in [2.24, 2.45) is 5.92 Å². The van der Waals surface area contributed by atoms with E-state index >= 15 is 0 Å². The molecule has 0 fully saturated rings. The number of hydrogen-bond acceptors (Lipinski definition) is 2. The number of hydrogen-bond donors (Lipinski definition) is 2. The third kappa shape index (κ3) is 3.73. The molecule has 0 aliphatic carbocycles. The molecule has 1 atom stereocenters. The summed E-state index contributed by atoms with van der Waals surface area (Å²) >= 11 is 0. The molecule has 84 valence electrons. The maximum atomic E-state index is 10.5. The Hall–Kier alpha value is -1.32. The first kappa shape index (κ1) is 11.8. The third-order valence-electron chi connectivity index (χ3n) is 2.22. The van der Waals surface area contributed by atoms with E-state index < -0.39 is 5.97 Å². The molecule has 15 heavy (non-hydrogen) atoms. The van der Waals surface area contributed by atoms with Crippen LogP contribution >= 0.6 is 0 Å². The number of carbonyl (C=O) groups is 1. The van der Waals surface area contributed by atoms with E-state index in [-0.39, 0.29) is 12.3 Å². The molecule has 0 amide bonds. The molecule has 0 radical (unpaired) electrons. The van der Waals surface area contributed by atoms with Gasteiger partial charge in [-0.15, -0.1) is 0 Å². The Kier molecular flexibility index (Phi) is 3.88. The molecule has 0 aliphatic heterocycles. The minimum absolute atomic E-state index is 0.0524. The second-order valence-electron chi connectivity index (χ2n) is 4.39. The molecule has 0 aromatic carbocycles. The second kappa shape index (κ2) is 4.96. The maximum absolute atomic E-state index is 10.5. The van der Waals surface area contributed by atoms with E-state index in [1.807, 2.05) is 6.92 Å². The largest absolute Gasteiger partial charge is 0.481 e. The zero-order valence-corrected chi connectivity index (χ0v) is 9.45. The number of nitrogens with zero attached hydrogens (tertiary/aromatic N) is 1. The summed E-state index contributed by atoms with van der Waals surface area (Å²) in [5, 5.41) is 8.66. The number of carboxylic acids is 1. The number of carboxylic acid groups (broad SMARTS) is 1. The smallest absolute Gasteiger partial charge is 0.304 e. The van der Waals surface area contributed by atoms with Crippen LogP contribution in [0, 0.1) is 5.92 Å². The molecule has 1 heterocycles. The minimum atomic E-state index is -0.788. The molecule has 0 saturated heterocycles. The molecule has 4 heteroatoms. The number of nitrogens with one attached hydrogen (secondary N) is 1. The first-order valence-corrected chi connectivity index (χ1v) is 5.24. The van der Waals surface area contributed by atoms with Crippen LogP contribution in [0.25, 0.3) is 0 Å². The fourth-order valence-corrected chi connectivity index (χ4v) is 1.53. The summed E-state index contributed by atoms with van der Waals surface area (Å²) in [5.41, 5.74) is 1.08. The summed E-state index contributed by atoms with van der Waals surface area (Å²) in [6.07, 6.45) is 2.87. The fraction of sp³-hybridized carbons (Fsp3) is 0.636. The van der Waals surface area contributed by atoms with Crippen molar-refractivity contribution in [3.05, 3.63) is 17.7 Å². The Morgan fingerprint density at radius 2 is 2.20 bits per heavy atom. The van der Waals surface area contributed by atoms with Crippen LogP contribution in [-0.4, -0.2) is 21.0 Å². The summed E-state index contributed by atoms with van der Waals surface area (Å²) in [4.78, 5) is 17.9. The van der Waals surface area contributed by atoms with Crippen LogP contribution in [-0.2, 0) is 11.2 Å². The van der Waals surface area contributed by atoms with Crippen molar-refractivity contribution in [1.82, 2.24) is 9.97 Å². The highest BCUT2D eigenvalue weighted by Gasteiger charge is 2.13. The molecule has 0 bridgehead atoms. The number of aromatic nitrogens is 2. The molecular weight excluding hydrogens is 192 g/mol. The van der Waals surface area contributed by atoms with Crippen LogP contribution in [0.3, 0.4) is 0 Å². The van der Waals surface area contributed by atoms with E-state index in [9.17, 15) is 4.79 Å². The Bertz CT molecular complexity index is 331. The van der Waals surface area contributed by atoms with Gasteiger partial charge >= 0.3 is 5.97 Å². The van der Waals surface area contributed by atoms with E-state index in [4.69, 9.17) is 5.11 Å². The summed E-state index contributed by atoms with van der Waals surface area (Å²) < 4.78 is 0. The summed E-state index contributed by atoms with van der Waals surface area (Å²) in [6.45, 7) is 6.15. The van der Waals surface area contributed by atoms with Gasteiger partial charge in [-0.3, -0.25) is 4.79 Å². The molecule has 1 unspecified atom stereocenters. The predicted octanol–water partition coefficient (Wildman–Crippen LogP) is 2.19. The lowest BCUT2D eigenvalue weighted by Crippen LogP contribution is -2.04. The number of rotatable bonds is 5. The van der Waals surface area contributed by atoms with Crippen molar-refractivity contribution < 1.29 is 9.90 Å². The zero-order chi connectivity index (χ0) is 11.4. The highest BCUT2D eigenvalue weighted by atomic mass is 16.4. The lowest BCUT2D eigenvalue weighted by molar-refractivity contribution is -0.137. The van der Waals surface area contributed by atoms with Crippen LogP contribution in [0.5, 0.6) is 0 Å². The van der Waals surface area contributed by atoms with Gasteiger partial charge in [0.1, 0.15) is 5.82 Å². The number of aromatic amines is 1. The van der Waals surface area contributed by atoms with Crippen LogP contribution < -0.4 is 0 Å². The minimum Gasteiger partial charge on any atom is -0.481 e. The second-order valence-corrected chi connectivity index (χ2v) is 4.39. The van der Waals surface area contributed by atoms with Gasteiger partial charge in [0.2, 0.25) is 0 Å². The average Bonchev–Trinajstić information content (AvgIpc) is 2.50. The Labute approximate surface area is 89.7 Å². The standard InChI is InChI=1S/C11H18N2O2/c1-7(2)4-9-6-12-11(13-9)8(3)5-10(14)15/h6-8H,4-5H2,1-3H3,(H,12,13)(H,14,15). The highest BCUT2D eigenvalue weighted by Crippen LogP contribution is 2.16. The van der Waals surface area contributed by atoms with E-state index in [0.717, 1.165) is 17.9 Å². The van der Waals surface area contributed by atoms with Gasteiger partial charge in [0, 0.05) is 17.8 Å². The monoisotopic (exact) mass is 210 g/mol. The molecule has 1 aromatic heterocycles. The highest BCUT2D eigenvalue weighted by molar-refractivity contribution is 5.67. The van der Waals surface area contributed by atoms with Crippen LogP contribution in [0.2, 0.25) is 0 Å².